The van der Waals surface area contributed by atoms with Gasteiger partial charge in [0.05, 0.1) is 18.2 Å². The van der Waals surface area contributed by atoms with E-state index in [-0.39, 0.29) is 34.4 Å². The first kappa shape index (κ1) is 24.1. The van der Waals surface area contributed by atoms with E-state index in [0.29, 0.717) is 29.7 Å². The Hall–Kier alpha value is -4.07. The van der Waals surface area contributed by atoms with Crippen LogP contribution in [-0.2, 0) is 13.0 Å². The second-order valence-electron chi connectivity index (χ2n) is 8.05. The second-order valence-corrected chi connectivity index (χ2v) is 8.05. The summed E-state index contributed by atoms with van der Waals surface area (Å²) < 4.78 is 58.3. The van der Waals surface area contributed by atoms with Gasteiger partial charge in [0, 0.05) is 5.56 Å². The molecule has 35 heavy (non-hydrogen) atoms. The zero-order chi connectivity index (χ0) is 25.3. The van der Waals surface area contributed by atoms with Crippen molar-refractivity contribution in [1.82, 2.24) is 15.1 Å². The van der Waals surface area contributed by atoms with Crippen molar-refractivity contribution in [2.45, 2.75) is 38.5 Å². The smallest absolute Gasteiger partial charge is 0.408 e. The molecule has 1 unspecified atom stereocenters. The first-order valence-electron chi connectivity index (χ1n) is 10.8. The SMILES string of the molecule is CCOc1ccc(F)cc1C(=O)NC1CCc2cc(-c3nn(CC(F)(F)F)c(N)c3C#N)ccc21. The van der Waals surface area contributed by atoms with Gasteiger partial charge in [-0.05, 0) is 55.2 Å². The van der Waals surface area contributed by atoms with Gasteiger partial charge in [-0.25, -0.2) is 9.07 Å². The molecule has 4 rings (SSSR count). The van der Waals surface area contributed by atoms with Crippen molar-refractivity contribution in [3.8, 4) is 23.1 Å². The topological polar surface area (TPSA) is 106 Å². The highest BCUT2D eigenvalue weighted by Crippen LogP contribution is 2.36. The lowest BCUT2D eigenvalue weighted by Gasteiger charge is -2.16. The third-order valence-corrected chi connectivity index (χ3v) is 5.72. The van der Waals surface area contributed by atoms with Gasteiger partial charge in [-0.3, -0.25) is 4.79 Å². The lowest BCUT2D eigenvalue weighted by molar-refractivity contribution is -0.142. The zero-order valence-electron chi connectivity index (χ0n) is 18.6. The van der Waals surface area contributed by atoms with E-state index in [1.54, 1.807) is 25.1 Å². The molecule has 0 radical (unpaired) electrons. The van der Waals surface area contributed by atoms with Gasteiger partial charge < -0.3 is 15.8 Å². The maximum atomic E-state index is 13.8. The third-order valence-electron chi connectivity index (χ3n) is 5.72. The number of nitrogens with one attached hydrogen (secondary N) is 1. The largest absolute Gasteiger partial charge is 0.493 e. The average Bonchev–Trinajstić information content (AvgIpc) is 3.34. The minimum absolute atomic E-state index is 0.0608. The minimum Gasteiger partial charge on any atom is -0.493 e. The van der Waals surface area contributed by atoms with Crippen molar-refractivity contribution in [3.05, 3.63) is 64.5 Å². The monoisotopic (exact) mass is 487 g/mol. The van der Waals surface area contributed by atoms with E-state index in [1.165, 1.54) is 12.1 Å². The van der Waals surface area contributed by atoms with Crippen molar-refractivity contribution >= 4 is 11.7 Å². The number of carbonyl (C=O) groups excluding carboxylic acids is 1. The number of fused-ring (bicyclic) bond motifs is 1. The number of hydrogen-bond donors (Lipinski definition) is 2. The number of nitrogens with two attached hydrogens (primary N) is 1. The Morgan fingerprint density at radius 1 is 1.31 bits per heavy atom. The molecule has 1 atom stereocenters. The van der Waals surface area contributed by atoms with E-state index in [9.17, 15) is 27.6 Å². The highest BCUT2D eigenvalue weighted by molar-refractivity contribution is 5.97. The third kappa shape index (κ3) is 4.91. The van der Waals surface area contributed by atoms with Gasteiger partial charge in [-0.15, -0.1) is 0 Å². The summed E-state index contributed by atoms with van der Waals surface area (Å²) in [6.45, 7) is 0.665. The van der Waals surface area contributed by atoms with Crippen LogP contribution < -0.4 is 15.8 Å². The summed E-state index contributed by atoms with van der Waals surface area (Å²) >= 11 is 0. The number of hydrogen-bond acceptors (Lipinski definition) is 5. The lowest BCUT2D eigenvalue weighted by Crippen LogP contribution is -2.27. The summed E-state index contributed by atoms with van der Waals surface area (Å²) in [7, 11) is 0. The van der Waals surface area contributed by atoms with Crippen LogP contribution >= 0.6 is 0 Å². The predicted molar refractivity (Wildman–Crippen MR) is 119 cm³/mol. The number of amides is 1. The number of ether oxygens (including phenoxy) is 1. The van der Waals surface area contributed by atoms with Crippen LogP contribution in [0.15, 0.2) is 36.4 Å². The summed E-state index contributed by atoms with van der Waals surface area (Å²) in [5, 5.41) is 16.3. The molecule has 1 amide bonds. The standard InChI is InChI=1S/C24H21F4N5O2/c1-2-35-20-8-5-15(25)10-17(20)23(34)31-19-7-4-13-9-14(3-6-16(13)19)21-18(11-29)22(30)33(32-21)12-24(26,27)28/h3,5-6,8-10,19H,2,4,7,12,30H2,1H3,(H,31,34). The molecule has 0 fully saturated rings. The number of anilines is 1. The van der Waals surface area contributed by atoms with E-state index in [4.69, 9.17) is 10.5 Å². The molecule has 0 spiro atoms. The molecule has 1 heterocycles. The van der Waals surface area contributed by atoms with Crippen molar-refractivity contribution in [1.29, 1.82) is 5.26 Å². The Balaban J connectivity index is 1.60. The van der Waals surface area contributed by atoms with Gasteiger partial charge >= 0.3 is 6.18 Å². The number of nitriles is 1. The predicted octanol–water partition coefficient (Wildman–Crippen LogP) is 4.52. The molecule has 0 bridgehead atoms. The van der Waals surface area contributed by atoms with Crippen LogP contribution in [0.25, 0.3) is 11.3 Å². The van der Waals surface area contributed by atoms with Gasteiger partial charge in [-0.2, -0.15) is 23.5 Å². The van der Waals surface area contributed by atoms with Crippen molar-refractivity contribution < 1.29 is 27.1 Å². The fourth-order valence-corrected chi connectivity index (χ4v) is 4.19. The number of carbonyl (C=O) groups is 1. The Morgan fingerprint density at radius 2 is 2.09 bits per heavy atom. The number of rotatable bonds is 6. The number of nitrogens with zero attached hydrogens (tertiary/aromatic N) is 3. The van der Waals surface area contributed by atoms with Crippen LogP contribution in [0.4, 0.5) is 23.4 Å². The number of nitrogen functional groups attached to an aromatic ring is 1. The molecule has 1 aromatic heterocycles. The molecule has 11 heteroatoms. The molecule has 0 aliphatic heterocycles. The van der Waals surface area contributed by atoms with Gasteiger partial charge in [0.1, 0.15) is 41.3 Å². The molecule has 1 aliphatic rings. The molecule has 3 aromatic rings. The minimum atomic E-state index is -4.54. The maximum absolute atomic E-state index is 13.8. The summed E-state index contributed by atoms with van der Waals surface area (Å²) in [4.78, 5) is 12.9. The summed E-state index contributed by atoms with van der Waals surface area (Å²) in [6.07, 6.45) is -3.40. The van der Waals surface area contributed by atoms with E-state index >= 15 is 0 Å². The highest BCUT2D eigenvalue weighted by Gasteiger charge is 2.32. The van der Waals surface area contributed by atoms with Crippen LogP contribution in [0.2, 0.25) is 0 Å². The van der Waals surface area contributed by atoms with Crippen LogP contribution in [0.3, 0.4) is 0 Å². The summed E-state index contributed by atoms with van der Waals surface area (Å²) in [5.74, 6) is -1.13. The fourth-order valence-electron chi connectivity index (χ4n) is 4.19. The molecule has 7 nitrogen and oxygen atoms in total. The maximum Gasteiger partial charge on any atom is 0.408 e. The van der Waals surface area contributed by atoms with Crippen LogP contribution in [0.1, 0.15) is 46.4 Å². The van der Waals surface area contributed by atoms with Gasteiger partial charge in [0.15, 0.2) is 0 Å². The Labute approximate surface area is 198 Å². The molecule has 3 N–H and O–H groups in total. The summed E-state index contributed by atoms with van der Waals surface area (Å²) in [6, 6.07) is 10.3. The highest BCUT2D eigenvalue weighted by atomic mass is 19.4. The molecular formula is C24H21F4N5O2. The zero-order valence-corrected chi connectivity index (χ0v) is 18.6. The normalized spacial score (nSPS) is 14.9. The molecular weight excluding hydrogens is 466 g/mol. The van der Waals surface area contributed by atoms with E-state index in [2.05, 4.69) is 10.4 Å². The Kier molecular flexibility index (Phi) is 6.39. The molecule has 2 aromatic carbocycles. The molecule has 0 saturated heterocycles. The van der Waals surface area contributed by atoms with Crippen molar-refractivity contribution in [2.24, 2.45) is 0 Å². The summed E-state index contributed by atoms with van der Waals surface area (Å²) in [5.41, 5.74) is 7.87. The number of aryl methyl sites for hydroxylation is 1. The number of benzene rings is 2. The quantitative estimate of drug-likeness (QED) is 0.498. The molecule has 1 aliphatic carbocycles. The number of aromatic nitrogens is 2. The van der Waals surface area contributed by atoms with Gasteiger partial charge in [-0.1, -0.05) is 12.1 Å². The molecule has 0 saturated carbocycles. The fraction of sp³-hybridized carbons (Fsp3) is 0.292. The Bertz CT molecular complexity index is 1330. The van der Waals surface area contributed by atoms with Crippen LogP contribution in [-0.4, -0.2) is 28.5 Å². The second kappa shape index (κ2) is 9.29. The van der Waals surface area contributed by atoms with Crippen LogP contribution in [0.5, 0.6) is 5.75 Å². The first-order chi connectivity index (χ1) is 16.6. The molecule has 182 valence electrons. The van der Waals surface area contributed by atoms with E-state index < -0.39 is 24.4 Å². The average molecular weight is 487 g/mol. The van der Waals surface area contributed by atoms with Gasteiger partial charge in [0.2, 0.25) is 0 Å². The first-order valence-corrected chi connectivity index (χ1v) is 10.8. The lowest BCUT2D eigenvalue weighted by atomic mass is 10.0. The van der Waals surface area contributed by atoms with Crippen molar-refractivity contribution in [3.63, 3.8) is 0 Å². The van der Waals surface area contributed by atoms with Gasteiger partial charge in [0.25, 0.3) is 5.91 Å². The van der Waals surface area contributed by atoms with Crippen molar-refractivity contribution in [2.75, 3.05) is 12.3 Å². The Morgan fingerprint density at radius 3 is 2.77 bits per heavy atom. The number of alkyl halides is 3. The number of halogens is 4. The van der Waals surface area contributed by atoms with Crippen LogP contribution in [0, 0.1) is 17.1 Å². The van der Waals surface area contributed by atoms with E-state index in [1.807, 2.05) is 6.07 Å². The van der Waals surface area contributed by atoms with E-state index in [0.717, 1.165) is 17.2 Å².